The standard InChI is InChI=1S/C26H25N3O3/c1-4-32-21-9-10-22-19(15-21)14-20(25(30)28-22)16-29(24-11-8-17(2)13-18(24)3)26(31)23-7-5-6-12-27-23/h5-15H,4,16H2,1-3H3,(H,28,30). The van der Waals surface area contributed by atoms with Crippen LogP contribution in [-0.4, -0.2) is 22.5 Å². The third-order valence-electron chi connectivity index (χ3n) is 5.30. The molecule has 0 bridgehead atoms. The van der Waals surface area contributed by atoms with Crippen molar-refractivity contribution in [3.63, 3.8) is 0 Å². The zero-order chi connectivity index (χ0) is 22.7. The smallest absolute Gasteiger partial charge is 0.277 e. The quantitative estimate of drug-likeness (QED) is 0.480. The highest BCUT2D eigenvalue weighted by Crippen LogP contribution is 2.25. The SMILES string of the molecule is CCOc1ccc2[nH]c(=O)c(CN(C(=O)c3ccccn3)c3ccc(C)cc3C)cc2c1. The van der Waals surface area contributed by atoms with Crippen LogP contribution >= 0.6 is 0 Å². The molecule has 2 aromatic heterocycles. The molecule has 0 saturated heterocycles. The van der Waals surface area contributed by atoms with Gasteiger partial charge in [-0.25, -0.2) is 0 Å². The first kappa shape index (κ1) is 21.3. The Labute approximate surface area is 186 Å². The maximum atomic E-state index is 13.4. The summed E-state index contributed by atoms with van der Waals surface area (Å²) in [4.78, 5) is 35.1. The van der Waals surface area contributed by atoms with Crippen LogP contribution in [0.1, 0.15) is 34.1 Å². The molecule has 6 heteroatoms. The summed E-state index contributed by atoms with van der Waals surface area (Å²) in [5.41, 5.74) is 4.09. The van der Waals surface area contributed by atoms with Crippen LogP contribution in [0, 0.1) is 13.8 Å². The number of amides is 1. The van der Waals surface area contributed by atoms with Crippen LogP contribution < -0.4 is 15.2 Å². The van der Waals surface area contributed by atoms with E-state index in [9.17, 15) is 9.59 Å². The molecule has 0 saturated carbocycles. The normalized spacial score (nSPS) is 10.8. The summed E-state index contributed by atoms with van der Waals surface area (Å²) >= 11 is 0. The van der Waals surface area contributed by atoms with Crippen molar-refractivity contribution in [1.29, 1.82) is 0 Å². The van der Waals surface area contributed by atoms with E-state index in [1.807, 2.05) is 63.2 Å². The molecule has 2 aromatic carbocycles. The van der Waals surface area contributed by atoms with Gasteiger partial charge in [-0.15, -0.1) is 0 Å². The fourth-order valence-corrected chi connectivity index (χ4v) is 3.78. The van der Waals surface area contributed by atoms with Gasteiger partial charge in [-0.1, -0.05) is 23.8 Å². The highest BCUT2D eigenvalue weighted by Gasteiger charge is 2.22. The molecule has 0 radical (unpaired) electrons. The van der Waals surface area contributed by atoms with Crippen molar-refractivity contribution in [2.75, 3.05) is 11.5 Å². The number of ether oxygens (including phenoxy) is 1. The van der Waals surface area contributed by atoms with Crippen LogP contribution in [0.3, 0.4) is 0 Å². The number of hydrogen-bond acceptors (Lipinski definition) is 4. The van der Waals surface area contributed by atoms with Crippen molar-refractivity contribution in [2.24, 2.45) is 0 Å². The zero-order valence-corrected chi connectivity index (χ0v) is 18.4. The van der Waals surface area contributed by atoms with Crippen LogP contribution in [0.15, 0.2) is 71.7 Å². The van der Waals surface area contributed by atoms with Crippen molar-refractivity contribution in [3.8, 4) is 5.75 Å². The topological polar surface area (TPSA) is 75.3 Å². The summed E-state index contributed by atoms with van der Waals surface area (Å²) in [6.45, 7) is 6.56. The summed E-state index contributed by atoms with van der Waals surface area (Å²) < 4.78 is 5.59. The number of carbonyl (C=O) groups excluding carboxylic acids is 1. The minimum absolute atomic E-state index is 0.115. The lowest BCUT2D eigenvalue weighted by molar-refractivity contribution is 0.0980. The van der Waals surface area contributed by atoms with E-state index >= 15 is 0 Å². The molecule has 0 fully saturated rings. The number of pyridine rings is 2. The molecular formula is C26H25N3O3. The van der Waals surface area contributed by atoms with Crippen LogP contribution in [0.5, 0.6) is 5.75 Å². The molecule has 2 heterocycles. The lowest BCUT2D eigenvalue weighted by Gasteiger charge is -2.24. The average molecular weight is 428 g/mol. The Hall–Kier alpha value is -3.93. The van der Waals surface area contributed by atoms with E-state index in [0.717, 1.165) is 33.5 Å². The van der Waals surface area contributed by atoms with Gasteiger partial charge in [-0.05, 0) is 68.8 Å². The summed E-state index contributed by atoms with van der Waals surface area (Å²) in [6, 6.07) is 18.5. The second kappa shape index (κ2) is 9.06. The molecule has 0 aliphatic rings. The van der Waals surface area contributed by atoms with Crippen LogP contribution in [0.4, 0.5) is 5.69 Å². The van der Waals surface area contributed by atoms with E-state index in [2.05, 4.69) is 9.97 Å². The Morgan fingerprint density at radius 2 is 1.91 bits per heavy atom. The fourth-order valence-electron chi connectivity index (χ4n) is 3.78. The number of nitrogens with zero attached hydrogens (tertiary/aromatic N) is 2. The van der Waals surface area contributed by atoms with Crippen LogP contribution in [0.25, 0.3) is 10.9 Å². The molecular weight excluding hydrogens is 402 g/mol. The Balaban J connectivity index is 1.79. The molecule has 4 aromatic rings. The third-order valence-corrected chi connectivity index (χ3v) is 5.30. The maximum Gasteiger partial charge on any atom is 0.277 e. The molecule has 162 valence electrons. The van der Waals surface area contributed by atoms with Gasteiger partial charge in [0, 0.05) is 28.4 Å². The number of fused-ring (bicyclic) bond motifs is 1. The number of aromatic nitrogens is 2. The number of nitrogens with one attached hydrogen (secondary N) is 1. The highest BCUT2D eigenvalue weighted by atomic mass is 16.5. The molecule has 0 aliphatic heterocycles. The lowest BCUT2D eigenvalue weighted by atomic mass is 10.1. The van der Waals surface area contributed by atoms with Gasteiger partial charge < -0.3 is 14.6 Å². The van der Waals surface area contributed by atoms with E-state index < -0.39 is 0 Å². The predicted octanol–water partition coefficient (Wildman–Crippen LogP) is 4.79. The molecule has 0 atom stereocenters. The van der Waals surface area contributed by atoms with Gasteiger partial charge >= 0.3 is 0 Å². The number of H-pyrrole nitrogens is 1. The Kier molecular flexibility index (Phi) is 6.03. The second-order valence-corrected chi connectivity index (χ2v) is 7.70. The Morgan fingerprint density at radius 3 is 2.62 bits per heavy atom. The predicted molar refractivity (Wildman–Crippen MR) is 126 cm³/mol. The minimum atomic E-state index is -0.264. The van der Waals surface area contributed by atoms with E-state index in [-0.39, 0.29) is 18.0 Å². The molecule has 32 heavy (non-hydrogen) atoms. The summed E-state index contributed by atoms with van der Waals surface area (Å²) in [5, 5.41) is 0.844. The lowest BCUT2D eigenvalue weighted by Crippen LogP contribution is -2.34. The molecule has 4 rings (SSSR count). The largest absolute Gasteiger partial charge is 0.494 e. The first-order chi connectivity index (χ1) is 15.5. The number of hydrogen-bond donors (Lipinski definition) is 1. The molecule has 1 N–H and O–H groups in total. The Bertz CT molecular complexity index is 1330. The number of carbonyl (C=O) groups is 1. The van der Waals surface area contributed by atoms with Crippen molar-refractivity contribution >= 4 is 22.5 Å². The van der Waals surface area contributed by atoms with Crippen LogP contribution in [-0.2, 0) is 6.54 Å². The van der Waals surface area contributed by atoms with Gasteiger partial charge in [0.2, 0.25) is 0 Å². The monoisotopic (exact) mass is 427 g/mol. The number of aromatic amines is 1. The third kappa shape index (κ3) is 4.39. The van der Waals surface area contributed by atoms with Gasteiger partial charge in [0.1, 0.15) is 11.4 Å². The van der Waals surface area contributed by atoms with Crippen molar-refractivity contribution < 1.29 is 9.53 Å². The summed E-state index contributed by atoms with van der Waals surface area (Å²) in [5.74, 6) is 0.467. The number of aryl methyl sites for hydroxylation is 2. The second-order valence-electron chi connectivity index (χ2n) is 7.70. The maximum absolute atomic E-state index is 13.4. The molecule has 6 nitrogen and oxygen atoms in total. The van der Waals surface area contributed by atoms with Gasteiger partial charge in [0.15, 0.2) is 0 Å². The zero-order valence-electron chi connectivity index (χ0n) is 18.4. The summed E-state index contributed by atoms with van der Waals surface area (Å²) in [7, 11) is 0. The Morgan fingerprint density at radius 1 is 1.06 bits per heavy atom. The number of rotatable bonds is 6. The van der Waals surface area contributed by atoms with Crippen molar-refractivity contribution in [3.05, 3.63) is 99.6 Å². The van der Waals surface area contributed by atoms with E-state index in [1.165, 1.54) is 0 Å². The van der Waals surface area contributed by atoms with Crippen molar-refractivity contribution in [2.45, 2.75) is 27.3 Å². The van der Waals surface area contributed by atoms with E-state index in [1.54, 1.807) is 29.3 Å². The van der Waals surface area contributed by atoms with Crippen molar-refractivity contribution in [1.82, 2.24) is 9.97 Å². The number of anilines is 1. The minimum Gasteiger partial charge on any atom is -0.494 e. The van der Waals surface area contributed by atoms with Crippen LogP contribution in [0.2, 0.25) is 0 Å². The molecule has 0 aliphatic carbocycles. The first-order valence-corrected chi connectivity index (χ1v) is 10.5. The molecule has 1 amide bonds. The molecule has 0 unspecified atom stereocenters. The highest BCUT2D eigenvalue weighted by molar-refractivity contribution is 6.05. The van der Waals surface area contributed by atoms with E-state index in [4.69, 9.17) is 4.74 Å². The number of benzene rings is 2. The summed E-state index contributed by atoms with van der Waals surface area (Å²) in [6.07, 6.45) is 1.59. The van der Waals surface area contributed by atoms with Gasteiger partial charge in [-0.2, -0.15) is 0 Å². The average Bonchev–Trinajstić information content (AvgIpc) is 2.79. The van der Waals surface area contributed by atoms with E-state index in [0.29, 0.717) is 17.9 Å². The van der Waals surface area contributed by atoms with Gasteiger partial charge in [0.05, 0.1) is 13.2 Å². The fraction of sp³-hybridized carbons (Fsp3) is 0.192. The molecule has 0 spiro atoms. The van der Waals surface area contributed by atoms with Gasteiger partial charge in [-0.3, -0.25) is 14.6 Å². The van der Waals surface area contributed by atoms with Gasteiger partial charge in [0.25, 0.3) is 11.5 Å². The first-order valence-electron chi connectivity index (χ1n) is 10.5.